The van der Waals surface area contributed by atoms with Crippen molar-refractivity contribution in [3.05, 3.63) is 0 Å². The van der Waals surface area contributed by atoms with Crippen LogP contribution in [0.3, 0.4) is 0 Å². The normalized spacial score (nSPS) is 25.1. The monoisotopic (exact) mass is 226 g/mol. The van der Waals surface area contributed by atoms with Gasteiger partial charge >= 0.3 is 6.03 Å². The molecule has 3 nitrogen and oxygen atoms in total. The van der Waals surface area contributed by atoms with Crippen LogP contribution in [-0.4, -0.2) is 40.5 Å². The molecular formula is C13H26N2O. The lowest BCUT2D eigenvalue weighted by Crippen LogP contribution is -2.44. The van der Waals surface area contributed by atoms with Crippen LogP contribution >= 0.6 is 0 Å². The zero-order valence-corrected chi connectivity index (χ0v) is 11.4. The molecule has 2 saturated heterocycles. The van der Waals surface area contributed by atoms with Gasteiger partial charge in [0.1, 0.15) is 0 Å². The third-order valence-electron chi connectivity index (χ3n) is 3.31. The van der Waals surface area contributed by atoms with Gasteiger partial charge in [0, 0.05) is 18.6 Å². The van der Waals surface area contributed by atoms with Gasteiger partial charge in [-0.3, -0.25) is 0 Å². The molecule has 0 spiro atoms. The predicted molar refractivity (Wildman–Crippen MR) is 67.5 cm³/mol. The standard InChI is InChI=1S/C11H20N2O.C2H6/c1-11(2,3)13-8-9-6-4-5-7-12(9)10(13)14;1-2/h9H,4-8H2,1-3H3;1-2H3. The van der Waals surface area contributed by atoms with Gasteiger partial charge in [0.25, 0.3) is 0 Å². The van der Waals surface area contributed by atoms with Crippen molar-refractivity contribution in [3.63, 3.8) is 0 Å². The van der Waals surface area contributed by atoms with Gasteiger partial charge in [0.05, 0.1) is 6.04 Å². The van der Waals surface area contributed by atoms with Crippen LogP contribution in [0, 0.1) is 0 Å². The number of hydrogen-bond donors (Lipinski definition) is 0. The van der Waals surface area contributed by atoms with Crippen LogP contribution in [0.15, 0.2) is 0 Å². The molecule has 2 aliphatic rings. The van der Waals surface area contributed by atoms with Crippen molar-refractivity contribution in [3.8, 4) is 0 Å². The van der Waals surface area contributed by atoms with Gasteiger partial charge < -0.3 is 9.80 Å². The summed E-state index contributed by atoms with van der Waals surface area (Å²) in [4.78, 5) is 16.1. The Morgan fingerprint density at radius 2 is 1.81 bits per heavy atom. The van der Waals surface area contributed by atoms with Crippen LogP contribution in [0.25, 0.3) is 0 Å². The van der Waals surface area contributed by atoms with Crippen molar-refractivity contribution in [1.82, 2.24) is 9.80 Å². The molecule has 1 atom stereocenters. The van der Waals surface area contributed by atoms with Gasteiger partial charge in [-0.2, -0.15) is 0 Å². The maximum absolute atomic E-state index is 12.0. The Morgan fingerprint density at radius 3 is 2.31 bits per heavy atom. The summed E-state index contributed by atoms with van der Waals surface area (Å²) >= 11 is 0. The Kier molecular flexibility index (Phi) is 4.22. The molecule has 1 unspecified atom stereocenters. The summed E-state index contributed by atoms with van der Waals surface area (Å²) in [5.41, 5.74) is -0.0194. The first-order chi connectivity index (χ1) is 7.50. The highest BCUT2D eigenvalue weighted by molar-refractivity contribution is 5.78. The summed E-state index contributed by atoms with van der Waals surface area (Å²) in [6.45, 7) is 12.2. The minimum absolute atomic E-state index is 0.0194. The van der Waals surface area contributed by atoms with Gasteiger partial charge in [-0.05, 0) is 40.0 Å². The molecule has 2 heterocycles. The number of amides is 2. The Labute approximate surface area is 99.8 Å². The van der Waals surface area contributed by atoms with E-state index >= 15 is 0 Å². The zero-order valence-electron chi connectivity index (χ0n) is 11.4. The molecule has 0 N–H and O–H groups in total. The van der Waals surface area contributed by atoms with Crippen molar-refractivity contribution in [2.45, 2.75) is 65.5 Å². The topological polar surface area (TPSA) is 23.6 Å². The Bertz CT molecular complexity index is 245. The average Bonchev–Trinajstić information content (AvgIpc) is 2.60. The molecule has 0 aromatic carbocycles. The van der Waals surface area contributed by atoms with Gasteiger partial charge in [0.15, 0.2) is 0 Å². The molecule has 0 aromatic rings. The Hall–Kier alpha value is -0.730. The largest absolute Gasteiger partial charge is 0.320 e. The van der Waals surface area contributed by atoms with Crippen LogP contribution in [0.1, 0.15) is 53.9 Å². The van der Waals surface area contributed by atoms with E-state index in [-0.39, 0.29) is 11.6 Å². The van der Waals surface area contributed by atoms with E-state index in [0.29, 0.717) is 6.04 Å². The second-order valence-electron chi connectivity index (χ2n) is 5.41. The summed E-state index contributed by atoms with van der Waals surface area (Å²) in [6.07, 6.45) is 3.66. The van der Waals surface area contributed by atoms with Gasteiger partial charge in [-0.15, -0.1) is 0 Å². The first kappa shape index (κ1) is 13.3. The lowest BCUT2D eigenvalue weighted by Gasteiger charge is -2.31. The van der Waals surface area contributed by atoms with Gasteiger partial charge in [-0.1, -0.05) is 13.8 Å². The number of piperidine rings is 1. The molecule has 2 rings (SSSR count). The van der Waals surface area contributed by atoms with E-state index < -0.39 is 0 Å². The fourth-order valence-corrected chi connectivity index (χ4v) is 2.45. The molecule has 2 aliphatic heterocycles. The third-order valence-corrected chi connectivity index (χ3v) is 3.31. The fourth-order valence-electron chi connectivity index (χ4n) is 2.45. The van der Waals surface area contributed by atoms with Gasteiger partial charge in [0.2, 0.25) is 0 Å². The van der Waals surface area contributed by atoms with Crippen LogP contribution in [0.2, 0.25) is 0 Å². The molecule has 2 fully saturated rings. The van der Waals surface area contributed by atoms with Crippen molar-refractivity contribution < 1.29 is 4.79 Å². The van der Waals surface area contributed by atoms with Crippen molar-refractivity contribution in [2.75, 3.05) is 13.1 Å². The van der Waals surface area contributed by atoms with Gasteiger partial charge in [-0.25, -0.2) is 4.79 Å². The van der Waals surface area contributed by atoms with Crippen LogP contribution < -0.4 is 0 Å². The van der Waals surface area contributed by atoms with Crippen molar-refractivity contribution >= 4 is 6.03 Å². The second-order valence-corrected chi connectivity index (χ2v) is 5.41. The van der Waals surface area contributed by atoms with E-state index in [1.54, 1.807) is 0 Å². The number of nitrogens with zero attached hydrogens (tertiary/aromatic N) is 2. The lowest BCUT2D eigenvalue weighted by atomic mass is 10.0. The Balaban J connectivity index is 0.000000606. The first-order valence-corrected chi connectivity index (χ1v) is 6.58. The molecular weight excluding hydrogens is 200 g/mol. The highest BCUT2D eigenvalue weighted by Crippen LogP contribution is 2.29. The molecule has 16 heavy (non-hydrogen) atoms. The summed E-state index contributed by atoms with van der Waals surface area (Å²) in [7, 11) is 0. The highest BCUT2D eigenvalue weighted by atomic mass is 16.2. The van der Waals surface area contributed by atoms with E-state index in [9.17, 15) is 4.79 Å². The zero-order chi connectivity index (χ0) is 12.3. The quantitative estimate of drug-likeness (QED) is 0.622. The van der Waals surface area contributed by atoms with Crippen LogP contribution in [0.5, 0.6) is 0 Å². The number of carbonyl (C=O) groups is 1. The van der Waals surface area contributed by atoms with Crippen molar-refractivity contribution in [1.29, 1.82) is 0 Å². The summed E-state index contributed by atoms with van der Waals surface area (Å²) in [6, 6.07) is 0.748. The number of carbonyl (C=O) groups excluding carboxylic acids is 1. The summed E-state index contributed by atoms with van der Waals surface area (Å²) in [5, 5.41) is 0. The molecule has 0 radical (unpaired) electrons. The number of urea groups is 1. The molecule has 0 aromatic heterocycles. The van der Waals surface area contributed by atoms with E-state index in [0.717, 1.165) is 13.1 Å². The SMILES string of the molecule is CC.CC(C)(C)N1CC2CCCCN2C1=O. The number of rotatable bonds is 0. The molecule has 3 heteroatoms. The third kappa shape index (κ3) is 2.50. The maximum atomic E-state index is 12.0. The number of hydrogen-bond acceptors (Lipinski definition) is 1. The molecule has 0 aliphatic carbocycles. The van der Waals surface area contributed by atoms with E-state index in [4.69, 9.17) is 0 Å². The Morgan fingerprint density at radius 1 is 1.19 bits per heavy atom. The molecule has 0 bridgehead atoms. The lowest BCUT2D eigenvalue weighted by molar-refractivity contribution is 0.152. The predicted octanol–water partition coefficient (Wildman–Crippen LogP) is 3.10. The maximum Gasteiger partial charge on any atom is 0.320 e. The minimum atomic E-state index is -0.0194. The minimum Gasteiger partial charge on any atom is -0.320 e. The highest BCUT2D eigenvalue weighted by Gasteiger charge is 2.42. The van der Waals surface area contributed by atoms with Crippen molar-refractivity contribution in [2.24, 2.45) is 0 Å². The van der Waals surface area contributed by atoms with Crippen LogP contribution in [0.4, 0.5) is 4.79 Å². The molecule has 94 valence electrons. The molecule has 2 amide bonds. The van der Waals surface area contributed by atoms with E-state index in [1.165, 1.54) is 19.3 Å². The summed E-state index contributed by atoms with van der Waals surface area (Å²) in [5.74, 6) is 0. The second kappa shape index (κ2) is 5.07. The van der Waals surface area contributed by atoms with Crippen LogP contribution in [-0.2, 0) is 0 Å². The smallest absolute Gasteiger partial charge is 0.320 e. The molecule has 0 saturated carbocycles. The average molecular weight is 226 g/mol. The first-order valence-electron chi connectivity index (χ1n) is 6.58. The fraction of sp³-hybridized carbons (Fsp3) is 0.923. The van der Waals surface area contributed by atoms with E-state index in [1.807, 2.05) is 18.7 Å². The van der Waals surface area contributed by atoms with E-state index in [2.05, 4.69) is 25.7 Å². The number of fused-ring (bicyclic) bond motifs is 1. The summed E-state index contributed by atoms with van der Waals surface area (Å²) < 4.78 is 0.